The zero-order valence-electron chi connectivity index (χ0n) is 19.0. The summed E-state index contributed by atoms with van der Waals surface area (Å²) < 4.78 is 2.11. The van der Waals surface area contributed by atoms with Crippen molar-refractivity contribution in [2.75, 3.05) is 10.6 Å². The molecule has 6 nitrogen and oxygen atoms in total. The molecule has 0 spiro atoms. The molecule has 2 N–H and O–H groups in total. The number of aryl methyl sites for hydroxylation is 1. The molecule has 2 aliphatic carbocycles. The molecule has 0 saturated heterocycles. The fourth-order valence-electron chi connectivity index (χ4n) is 4.64. The van der Waals surface area contributed by atoms with Gasteiger partial charge in [0.1, 0.15) is 11.5 Å². The molecule has 6 rings (SSSR count). The van der Waals surface area contributed by atoms with Gasteiger partial charge in [-0.25, -0.2) is 9.97 Å². The van der Waals surface area contributed by atoms with E-state index in [2.05, 4.69) is 44.5 Å². The SMILES string of the molecule is Cc1cc(NCc2cn3cc(C4CC4)ccc3n2)cc(NC(=O)C2CC2c2cccc(Cl)c2)n1. The first-order valence-electron chi connectivity index (χ1n) is 11.8. The molecular formula is C27H26ClN5O. The highest BCUT2D eigenvalue weighted by Crippen LogP contribution is 2.48. The van der Waals surface area contributed by atoms with E-state index in [0.717, 1.165) is 40.6 Å². The van der Waals surface area contributed by atoms with Crippen molar-refractivity contribution in [2.45, 2.75) is 44.6 Å². The lowest BCUT2D eigenvalue weighted by atomic mass is 10.1. The van der Waals surface area contributed by atoms with Crippen LogP contribution in [0.4, 0.5) is 11.5 Å². The molecule has 2 aliphatic rings. The Labute approximate surface area is 203 Å². The van der Waals surface area contributed by atoms with Crippen LogP contribution in [0.1, 0.15) is 53.6 Å². The number of pyridine rings is 2. The van der Waals surface area contributed by atoms with Gasteiger partial charge in [-0.05, 0) is 73.4 Å². The fraction of sp³-hybridized carbons (Fsp3) is 0.296. The standard InChI is InChI=1S/C27H26ClN5O/c1-16-9-21(29-13-22-15-33-14-19(17-5-6-17)7-8-26(33)31-22)11-25(30-16)32-27(34)24-12-23(24)18-3-2-4-20(28)10-18/h2-4,7-11,14-15,17,23-24H,5-6,12-13H2,1H3,(H2,29,30,32,34). The first-order valence-corrected chi connectivity index (χ1v) is 12.2. The number of rotatable bonds is 7. The van der Waals surface area contributed by atoms with Crippen molar-refractivity contribution >= 4 is 34.7 Å². The average Bonchev–Trinajstić information content (AvgIpc) is 3.73. The molecule has 1 amide bonds. The van der Waals surface area contributed by atoms with Crippen LogP contribution in [0, 0.1) is 12.8 Å². The number of hydrogen-bond donors (Lipinski definition) is 2. The van der Waals surface area contributed by atoms with E-state index in [9.17, 15) is 4.79 Å². The minimum absolute atomic E-state index is 0.000781. The van der Waals surface area contributed by atoms with E-state index >= 15 is 0 Å². The molecule has 2 unspecified atom stereocenters. The molecule has 7 heteroatoms. The van der Waals surface area contributed by atoms with Crippen molar-refractivity contribution < 1.29 is 4.79 Å². The van der Waals surface area contributed by atoms with E-state index in [1.165, 1.54) is 18.4 Å². The monoisotopic (exact) mass is 471 g/mol. The van der Waals surface area contributed by atoms with E-state index in [1.807, 2.05) is 43.3 Å². The van der Waals surface area contributed by atoms with Crippen LogP contribution in [0.25, 0.3) is 5.65 Å². The number of nitrogens with zero attached hydrogens (tertiary/aromatic N) is 3. The number of carbonyl (C=O) groups is 1. The Kier molecular flexibility index (Phi) is 5.26. The van der Waals surface area contributed by atoms with Crippen LogP contribution >= 0.6 is 11.6 Å². The van der Waals surface area contributed by atoms with Crippen molar-refractivity contribution in [2.24, 2.45) is 5.92 Å². The van der Waals surface area contributed by atoms with Crippen LogP contribution in [-0.2, 0) is 11.3 Å². The van der Waals surface area contributed by atoms with Crippen LogP contribution in [0.5, 0.6) is 0 Å². The van der Waals surface area contributed by atoms with E-state index in [-0.39, 0.29) is 17.7 Å². The molecule has 172 valence electrons. The summed E-state index contributed by atoms with van der Waals surface area (Å²) in [6.07, 6.45) is 7.68. The predicted molar refractivity (Wildman–Crippen MR) is 134 cm³/mol. The molecule has 3 heterocycles. The number of halogens is 1. The van der Waals surface area contributed by atoms with Crippen molar-refractivity contribution in [1.82, 2.24) is 14.4 Å². The molecule has 0 aliphatic heterocycles. The number of amides is 1. The van der Waals surface area contributed by atoms with E-state index < -0.39 is 0 Å². The number of anilines is 2. The summed E-state index contributed by atoms with van der Waals surface area (Å²) in [5.74, 6) is 1.46. The van der Waals surface area contributed by atoms with Gasteiger partial charge in [-0.3, -0.25) is 4.79 Å². The Bertz CT molecular complexity index is 1390. The predicted octanol–water partition coefficient (Wildman–Crippen LogP) is 5.92. The highest BCUT2D eigenvalue weighted by Gasteiger charge is 2.44. The van der Waals surface area contributed by atoms with Gasteiger partial charge in [-0.2, -0.15) is 0 Å². The van der Waals surface area contributed by atoms with Gasteiger partial charge < -0.3 is 15.0 Å². The lowest BCUT2D eigenvalue weighted by molar-refractivity contribution is -0.117. The summed E-state index contributed by atoms with van der Waals surface area (Å²) in [5.41, 5.74) is 6.17. The van der Waals surface area contributed by atoms with E-state index in [0.29, 0.717) is 17.4 Å². The van der Waals surface area contributed by atoms with E-state index in [4.69, 9.17) is 16.6 Å². The second-order valence-corrected chi connectivity index (χ2v) is 9.90. The van der Waals surface area contributed by atoms with E-state index in [1.54, 1.807) is 0 Å². The van der Waals surface area contributed by atoms with Crippen LogP contribution in [0.15, 0.2) is 60.9 Å². The summed E-state index contributed by atoms with van der Waals surface area (Å²) in [6.45, 7) is 2.52. The van der Waals surface area contributed by atoms with Crippen molar-refractivity contribution in [3.8, 4) is 0 Å². The third-order valence-corrected chi connectivity index (χ3v) is 6.89. The Balaban J connectivity index is 1.10. The highest BCUT2D eigenvalue weighted by atomic mass is 35.5. The maximum Gasteiger partial charge on any atom is 0.229 e. The molecule has 0 radical (unpaired) electrons. The van der Waals surface area contributed by atoms with Gasteiger partial charge in [-0.1, -0.05) is 29.8 Å². The van der Waals surface area contributed by atoms with Crippen molar-refractivity contribution in [3.05, 3.63) is 88.5 Å². The Morgan fingerprint density at radius 3 is 2.79 bits per heavy atom. The van der Waals surface area contributed by atoms with Crippen LogP contribution in [-0.4, -0.2) is 20.3 Å². The largest absolute Gasteiger partial charge is 0.379 e. The third-order valence-electron chi connectivity index (χ3n) is 6.65. The van der Waals surface area contributed by atoms with Gasteiger partial charge in [0.05, 0.1) is 12.2 Å². The third kappa shape index (κ3) is 4.50. The normalized spacial score (nSPS) is 19.2. The number of nitrogens with one attached hydrogen (secondary N) is 2. The quantitative estimate of drug-likeness (QED) is 0.351. The van der Waals surface area contributed by atoms with Gasteiger partial charge >= 0.3 is 0 Å². The van der Waals surface area contributed by atoms with Crippen molar-refractivity contribution in [1.29, 1.82) is 0 Å². The smallest absolute Gasteiger partial charge is 0.229 e. The minimum Gasteiger partial charge on any atom is -0.379 e. The average molecular weight is 472 g/mol. The van der Waals surface area contributed by atoms with Crippen molar-refractivity contribution in [3.63, 3.8) is 0 Å². The number of hydrogen-bond acceptors (Lipinski definition) is 4. The number of imidazole rings is 1. The lowest BCUT2D eigenvalue weighted by Crippen LogP contribution is -2.16. The number of fused-ring (bicyclic) bond motifs is 1. The van der Waals surface area contributed by atoms with Gasteiger partial charge in [0.25, 0.3) is 0 Å². The van der Waals surface area contributed by atoms with Crippen LogP contribution < -0.4 is 10.6 Å². The molecule has 1 aromatic carbocycles. The zero-order valence-corrected chi connectivity index (χ0v) is 19.7. The molecule has 3 aromatic heterocycles. The minimum atomic E-state index is -0.0457. The highest BCUT2D eigenvalue weighted by molar-refractivity contribution is 6.30. The maximum absolute atomic E-state index is 12.8. The summed E-state index contributed by atoms with van der Waals surface area (Å²) in [5, 5.41) is 7.13. The Morgan fingerprint density at radius 1 is 1.09 bits per heavy atom. The first kappa shape index (κ1) is 21.2. The lowest BCUT2D eigenvalue weighted by Gasteiger charge is -2.10. The van der Waals surface area contributed by atoms with Crippen LogP contribution in [0.3, 0.4) is 0 Å². The Hall–Kier alpha value is -3.38. The summed E-state index contributed by atoms with van der Waals surface area (Å²) in [7, 11) is 0. The maximum atomic E-state index is 12.8. The van der Waals surface area contributed by atoms with Crippen LogP contribution in [0.2, 0.25) is 5.02 Å². The molecule has 2 fully saturated rings. The Morgan fingerprint density at radius 2 is 1.97 bits per heavy atom. The zero-order chi connectivity index (χ0) is 23.2. The first-order chi connectivity index (χ1) is 16.5. The van der Waals surface area contributed by atoms with Gasteiger partial charge in [0.2, 0.25) is 5.91 Å². The number of aromatic nitrogens is 3. The molecule has 2 atom stereocenters. The number of benzene rings is 1. The topological polar surface area (TPSA) is 71.3 Å². The molecule has 2 saturated carbocycles. The van der Waals surface area contributed by atoms with Gasteiger partial charge in [-0.15, -0.1) is 0 Å². The summed E-state index contributed by atoms with van der Waals surface area (Å²) in [4.78, 5) is 22.0. The number of carbonyl (C=O) groups excluding carboxylic acids is 1. The fourth-order valence-corrected chi connectivity index (χ4v) is 4.84. The molecular weight excluding hydrogens is 446 g/mol. The molecule has 34 heavy (non-hydrogen) atoms. The molecule has 4 aromatic rings. The van der Waals surface area contributed by atoms with Gasteiger partial charge in [0, 0.05) is 40.8 Å². The van der Waals surface area contributed by atoms with Gasteiger partial charge in [0.15, 0.2) is 0 Å². The molecule has 0 bridgehead atoms. The second kappa shape index (κ2) is 8.44. The second-order valence-electron chi connectivity index (χ2n) is 9.46. The summed E-state index contributed by atoms with van der Waals surface area (Å²) >= 11 is 6.10. The summed E-state index contributed by atoms with van der Waals surface area (Å²) in [6, 6.07) is 15.9.